The van der Waals surface area contributed by atoms with Gasteiger partial charge in [0, 0.05) is 26.3 Å². The number of hydrogen-bond donors (Lipinski definition) is 2. The number of amides is 1. The van der Waals surface area contributed by atoms with Gasteiger partial charge < -0.3 is 20.0 Å². The standard InChI is InChI=1S/C22H26N2O5/c1-16(25)29-24-20(22(2,27)18-9-11-19(28-3)12-10-18)13-14-21(26)23-15-17-7-5-4-6-8-17/h4-12,27H,13-15H2,1-3H3,(H,23,26)/b24-20+. The van der Waals surface area contributed by atoms with Crippen molar-refractivity contribution in [1.82, 2.24) is 5.32 Å². The molecular weight excluding hydrogens is 372 g/mol. The van der Waals surface area contributed by atoms with Gasteiger partial charge in [-0.1, -0.05) is 47.6 Å². The van der Waals surface area contributed by atoms with E-state index in [1.807, 2.05) is 30.3 Å². The average Bonchev–Trinajstić information content (AvgIpc) is 2.72. The Balaban J connectivity index is 2.07. The third kappa shape index (κ3) is 6.73. The molecule has 0 fully saturated rings. The van der Waals surface area contributed by atoms with Crippen molar-refractivity contribution in [3.8, 4) is 5.75 Å². The molecule has 0 aliphatic carbocycles. The summed E-state index contributed by atoms with van der Waals surface area (Å²) in [6, 6.07) is 16.3. The highest BCUT2D eigenvalue weighted by Crippen LogP contribution is 2.27. The van der Waals surface area contributed by atoms with Crippen LogP contribution in [0.1, 0.15) is 37.8 Å². The lowest BCUT2D eigenvalue weighted by atomic mass is 9.88. The second-order valence-electron chi connectivity index (χ2n) is 6.68. The van der Waals surface area contributed by atoms with Crippen molar-refractivity contribution in [2.24, 2.45) is 5.16 Å². The van der Waals surface area contributed by atoms with E-state index >= 15 is 0 Å². The zero-order valence-corrected chi connectivity index (χ0v) is 16.8. The Morgan fingerprint density at radius 2 is 1.72 bits per heavy atom. The zero-order valence-electron chi connectivity index (χ0n) is 16.8. The molecule has 2 aromatic carbocycles. The molecule has 0 aliphatic rings. The summed E-state index contributed by atoms with van der Waals surface area (Å²) < 4.78 is 5.13. The minimum atomic E-state index is -1.53. The summed E-state index contributed by atoms with van der Waals surface area (Å²) in [7, 11) is 1.55. The normalized spacial score (nSPS) is 13.3. The van der Waals surface area contributed by atoms with Crippen LogP contribution in [0.4, 0.5) is 0 Å². The highest BCUT2D eigenvalue weighted by molar-refractivity contribution is 5.95. The molecule has 7 nitrogen and oxygen atoms in total. The quantitative estimate of drug-likeness (QED) is 0.385. The Bertz CT molecular complexity index is 845. The topological polar surface area (TPSA) is 97.2 Å². The second-order valence-corrected chi connectivity index (χ2v) is 6.68. The number of ether oxygens (including phenoxy) is 1. The van der Waals surface area contributed by atoms with Gasteiger partial charge in [0.05, 0.1) is 12.8 Å². The molecule has 0 aliphatic heterocycles. The molecule has 1 amide bonds. The predicted molar refractivity (Wildman–Crippen MR) is 109 cm³/mol. The van der Waals surface area contributed by atoms with Crippen molar-refractivity contribution in [2.75, 3.05) is 7.11 Å². The number of benzene rings is 2. The van der Waals surface area contributed by atoms with Gasteiger partial charge in [-0.3, -0.25) is 4.79 Å². The summed E-state index contributed by atoms with van der Waals surface area (Å²) in [4.78, 5) is 28.2. The van der Waals surface area contributed by atoms with Crippen molar-refractivity contribution in [3.05, 3.63) is 65.7 Å². The largest absolute Gasteiger partial charge is 0.497 e. The van der Waals surface area contributed by atoms with E-state index in [1.165, 1.54) is 6.92 Å². The third-order valence-corrected chi connectivity index (χ3v) is 4.42. The minimum absolute atomic E-state index is 0.0826. The Morgan fingerprint density at radius 1 is 1.07 bits per heavy atom. The molecular formula is C22H26N2O5. The fourth-order valence-corrected chi connectivity index (χ4v) is 2.70. The fraction of sp³-hybridized carbons (Fsp3) is 0.318. The van der Waals surface area contributed by atoms with Gasteiger partial charge >= 0.3 is 5.97 Å². The first-order valence-electron chi connectivity index (χ1n) is 9.25. The summed E-state index contributed by atoms with van der Waals surface area (Å²) in [6.07, 6.45) is 0.201. The Hall–Kier alpha value is -3.19. The first kappa shape index (κ1) is 22.1. The molecule has 0 spiro atoms. The molecule has 0 radical (unpaired) electrons. The third-order valence-electron chi connectivity index (χ3n) is 4.42. The first-order chi connectivity index (χ1) is 13.8. The Kier molecular flexibility index (Phi) is 7.91. The fourth-order valence-electron chi connectivity index (χ4n) is 2.70. The zero-order chi connectivity index (χ0) is 21.3. The van der Waals surface area contributed by atoms with Gasteiger partial charge in [0.1, 0.15) is 11.4 Å². The van der Waals surface area contributed by atoms with E-state index in [0.29, 0.717) is 17.9 Å². The summed E-state index contributed by atoms with van der Waals surface area (Å²) in [5.41, 5.74) is 0.169. The molecule has 0 saturated heterocycles. The molecule has 1 unspecified atom stereocenters. The maximum Gasteiger partial charge on any atom is 0.331 e. The van der Waals surface area contributed by atoms with Crippen molar-refractivity contribution in [1.29, 1.82) is 0 Å². The van der Waals surface area contributed by atoms with Crippen molar-refractivity contribution in [3.63, 3.8) is 0 Å². The minimum Gasteiger partial charge on any atom is -0.497 e. The molecule has 0 heterocycles. The van der Waals surface area contributed by atoms with E-state index in [0.717, 1.165) is 5.56 Å². The molecule has 0 saturated carbocycles. The van der Waals surface area contributed by atoms with Gasteiger partial charge in [0.25, 0.3) is 0 Å². The van der Waals surface area contributed by atoms with E-state index < -0.39 is 11.6 Å². The van der Waals surface area contributed by atoms with Crippen LogP contribution >= 0.6 is 0 Å². The van der Waals surface area contributed by atoms with Gasteiger partial charge in [-0.25, -0.2) is 4.79 Å². The summed E-state index contributed by atoms with van der Waals surface area (Å²) in [5, 5.41) is 17.7. The van der Waals surface area contributed by atoms with E-state index in [-0.39, 0.29) is 24.5 Å². The van der Waals surface area contributed by atoms with Gasteiger partial charge in [0.2, 0.25) is 5.91 Å². The number of hydrogen-bond acceptors (Lipinski definition) is 6. The molecule has 0 bridgehead atoms. The van der Waals surface area contributed by atoms with E-state index in [2.05, 4.69) is 10.5 Å². The van der Waals surface area contributed by atoms with Crippen LogP contribution in [0.15, 0.2) is 59.8 Å². The molecule has 2 aromatic rings. The Morgan fingerprint density at radius 3 is 2.31 bits per heavy atom. The molecule has 2 rings (SSSR count). The van der Waals surface area contributed by atoms with Gasteiger partial charge in [-0.2, -0.15) is 0 Å². The SMILES string of the molecule is COc1ccc(C(C)(O)/C(CCC(=O)NCc2ccccc2)=N/OC(C)=O)cc1. The number of nitrogens with zero attached hydrogens (tertiary/aromatic N) is 1. The summed E-state index contributed by atoms with van der Waals surface area (Å²) >= 11 is 0. The van der Waals surface area contributed by atoms with Gasteiger partial charge in [-0.15, -0.1) is 0 Å². The number of oxime groups is 1. The molecule has 154 valence electrons. The average molecular weight is 398 g/mol. The van der Waals surface area contributed by atoms with E-state index in [1.54, 1.807) is 38.3 Å². The summed E-state index contributed by atoms with van der Waals surface area (Å²) in [5.74, 6) is -0.167. The number of methoxy groups -OCH3 is 1. The number of carbonyl (C=O) groups excluding carboxylic acids is 2. The van der Waals surface area contributed by atoms with E-state index in [4.69, 9.17) is 9.57 Å². The van der Waals surface area contributed by atoms with Crippen molar-refractivity contribution >= 4 is 17.6 Å². The maximum absolute atomic E-state index is 12.2. The first-order valence-corrected chi connectivity index (χ1v) is 9.25. The van der Waals surface area contributed by atoms with Crippen LogP contribution in [0.5, 0.6) is 5.75 Å². The molecule has 7 heteroatoms. The molecule has 0 aromatic heterocycles. The van der Waals surface area contributed by atoms with Crippen molar-refractivity contribution < 1.29 is 24.3 Å². The lowest BCUT2D eigenvalue weighted by molar-refractivity contribution is -0.141. The number of rotatable bonds is 9. The van der Waals surface area contributed by atoms with Crippen LogP contribution in [-0.4, -0.2) is 29.8 Å². The van der Waals surface area contributed by atoms with Gasteiger partial charge in [0.15, 0.2) is 0 Å². The van der Waals surface area contributed by atoms with Crippen LogP contribution in [0.25, 0.3) is 0 Å². The lowest BCUT2D eigenvalue weighted by Crippen LogP contribution is -2.34. The highest BCUT2D eigenvalue weighted by Gasteiger charge is 2.31. The number of nitrogens with one attached hydrogen (secondary N) is 1. The monoisotopic (exact) mass is 398 g/mol. The number of carbonyl (C=O) groups is 2. The summed E-state index contributed by atoms with van der Waals surface area (Å²) in [6.45, 7) is 3.17. The number of aliphatic hydroxyl groups is 1. The van der Waals surface area contributed by atoms with Crippen molar-refractivity contribution in [2.45, 2.75) is 38.8 Å². The van der Waals surface area contributed by atoms with Crippen LogP contribution in [0.2, 0.25) is 0 Å². The van der Waals surface area contributed by atoms with Crippen LogP contribution in [0, 0.1) is 0 Å². The molecule has 1 atom stereocenters. The van der Waals surface area contributed by atoms with E-state index in [9.17, 15) is 14.7 Å². The molecule has 29 heavy (non-hydrogen) atoms. The van der Waals surface area contributed by atoms with Crippen LogP contribution < -0.4 is 10.1 Å². The van der Waals surface area contributed by atoms with Crippen LogP contribution in [0.3, 0.4) is 0 Å². The second kappa shape index (κ2) is 10.4. The smallest absolute Gasteiger partial charge is 0.331 e. The lowest BCUT2D eigenvalue weighted by Gasteiger charge is -2.25. The van der Waals surface area contributed by atoms with Crippen LogP contribution in [-0.2, 0) is 26.6 Å². The molecule has 2 N–H and O–H groups in total. The maximum atomic E-state index is 12.2. The predicted octanol–water partition coefficient (Wildman–Crippen LogP) is 2.92. The van der Waals surface area contributed by atoms with Gasteiger partial charge in [-0.05, 0) is 30.2 Å². The Labute approximate surface area is 170 Å². The highest BCUT2D eigenvalue weighted by atomic mass is 16.7.